The van der Waals surface area contributed by atoms with Gasteiger partial charge in [0.05, 0.1) is 5.56 Å². The Labute approximate surface area is 100 Å². The highest BCUT2D eigenvalue weighted by Crippen LogP contribution is 2.31. The summed E-state index contributed by atoms with van der Waals surface area (Å²) in [4.78, 5) is 3.67. The van der Waals surface area contributed by atoms with E-state index in [4.69, 9.17) is 4.74 Å². The second kappa shape index (κ2) is 4.56. The average molecular weight is 255 g/mol. The van der Waals surface area contributed by atoms with Gasteiger partial charge < -0.3 is 9.84 Å². The van der Waals surface area contributed by atoms with Gasteiger partial charge in [-0.05, 0) is 18.2 Å². The summed E-state index contributed by atoms with van der Waals surface area (Å²) in [5.41, 5.74) is -0.840. The van der Waals surface area contributed by atoms with Crippen molar-refractivity contribution in [2.75, 3.05) is 0 Å². The number of phenolic OH excluding ortho intramolecular Hbond substituents is 1. The Morgan fingerprint density at radius 1 is 1.11 bits per heavy atom. The van der Waals surface area contributed by atoms with E-state index in [9.17, 15) is 18.3 Å². The van der Waals surface area contributed by atoms with Gasteiger partial charge in [-0.2, -0.15) is 13.2 Å². The third-order valence-electron chi connectivity index (χ3n) is 2.10. The largest absolute Gasteiger partial charge is 0.508 e. The first kappa shape index (κ1) is 12.2. The van der Waals surface area contributed by atoms with Crippen LogP contribution >= 0.6 is 0 Å². The number of hydrogen-bond donors (Lipinski definition) is 1. The standard InChI is InChI=1S/C12H8F3NO2/c13-12(14,15)8-4-5-16-11(6-8)18-10-3-1-2-9(17)7-10/h1-7,17H. The smallest absolute Gasteiger partial charge is 0.416 e. The van der Waals surface area contributed by atoms with Gasteiger partial charge >= 0.3 is 6.18 Å². The lowest BCUT2D eigenvalue weighted by Crippen LogP contribution is -2.05. The fourth-order valence-electron chi connectivity index (χ4n) is 1.31. The van der Waals surface area contributed by atoms with Gasteiger partial charge in [0.1, 0.15) is 11.5 Å². The van der Waals surface area contributed by atoms with Crippen molar-refractivity contribution < 1.29 is 23.0 Å². The Morgan fingerprint density at radius 3 is 2.56 bits per heavy atom. The van der Waals surface area contributed by atoms with Crippen molar-refractivity contribution >= 4 is 0 Å². The Balaban J connectivity index is 2.25. The van der Waals surface area contributed by atoms with E-state index >= 15 is 0 Å². The predicted molar refractivity (Wildman–Crippen MR) is 57.4 cm³/mol. The minimum Gasteiger partial charge on any atom is -0.508 e. The molecule has 1 aromatic carbocycles. The summed E-state index contributed by atoms with van der Waals surface area (Å²) in [7, 11) is 0. The molecule has 1 aromatic heterocycles. The fraction of sp³-hybridized carbons (Fsp3) is 0.0833. The molecule has 94 valence electrons. The van der Waals surface area contributed by atoms with Gasteiger partial charge in [-0.25, -0.2) is 4.98 Å². The summed E-state index contributed by atoms with van der Waals surface area (Å²) < 4.78 is 42.5. The SMILES string of the molecule is Oc1cccc(Oc2cc(C(F)(F)F)ccn2)c1. The van der Waals surface area contributed by atoms with Crippen LogP contribution < -0.4 is 4.74 Å². The average Bonchev–Trinajstić information content (AvgIpc) is 2.28. The molecule has 2 rings (SSSR count). The van der Waals surface area contributed by atoms with Gasteiger partial charge in [-0.3, -0.25) is 0 Å². The van der Waals surface area contributed by atoms with Crippen LogP contribution in [-0.4, -0.2) is 10.1 Å². The molecule has 0 fully saturated rings. The second-order valence-electron chi connectivity index (χ2n) is 3.48. The topological polar surface area (TPSA) is 42.4 Å². The lowest BCUT2D eigenvalue weighted by atomic mass is 10.2. The second-order valence-corrected chi connectivity index (χ2v) is 3.48. The van der Waals surface area contributed by atoms with E-state index in [1.807, 2.05) is 0 Å². The molecule has 0 saturated carbocycles. The van der Waals surface area contributed by atoms with Gasteiger partial charge in [0.2, 0.25) is 5.88 Å². The number of aromatic hydroxyl groups is 1. The van der Waals surface area contributed by atoms with Crippen LogP contribution in [0.15, 0.2) is 42.6 Å². The summed E-state index contributed by atoms with van der Waals surface area (Å²) in [5.74, 6) is -0.0169. The molecule has 3 nitrogen and oxygen atoms in total. The summed E-state index contributed by atoms with van der Waals surface area (Å²) >= 11 is 0. The lowest BCUT2D eigenvalue weighted by molar-refractivity contribution is -0.137. The molecule has 0 spiro atoms. The van der Waals surface area contributed by atoms with Crippen LogP contribution in [0.3, 0.4) is 0 Å². The Kier molecular flexibility index (Phi) is 3.10. The van der Waals surface area contributed by atoms with Crippen molar-refractivity contribution in [2.45, 2.75) is 6.18 Å². The molecule has 6 heteroatoms. The number of nitrogens with zero attached hydrogens (tertiary/aromatic N) is 1. The van der Waals surface area contributed by atoms with Crippen molar-refractivity contribution in [1.82, 2.24) is 4.98 Å². The van der Waals surface area contributed by atoms with E-state index in [2.05, 4.69) is 4.98 Å². The van der Waals surface area contributed by atoms with Gasteiger partial charge in [0.15, 0.2) is 0 Å². The fourth-order valence-corrected chi connectivity index (χ4v) is 1.31. The summed E-state index contributed by atoms with van der Waals surface area (Å²) in [6, 6.07) is 7.37. The zero-order chi connectivity index (χ0) is 13.2. The number of hydrogen-bond acceptors (Lipinski definition) is 3. The zero-order valence-electron chi connectivity index (χ0n) is 8.98. The van der Waals surface area contributed by atoms with Crippen LogP contribution in [0.1, 0.15) is 5.56 Å². The molecule has 0 unspecified atom stereocenters. The van der Waals surface area contributed by atoms with E-state index in [0.717, 1.165) is 18.3 Å². The van der Waals surface area contributed by atoms with E-state index < -0.39 is 11.7 Å². The number of rotatable bonds is 2. The number of pyridine rings is 1. The molecule has 0 radical (unpaired) electrons. The van der Waals surface area contributed by atoms with Gasteiger partial charge in [0, 0.05) is 18.3 Å². The molecular formula is C12H8F3NO2. The lowest BCUT2D eigenvalue weighted by Gasteiger charge is -2.09. The van der Waals surface area contributed by atoms with Crippen molar-refractivity contribution in [3.05, 3.63) is 48.2 Å². The van der Waals surface area contributed by atoms with Crippen molar-refractivity contribution in [3.8, 4) is 17.4 Å². The quantitative estimate of drug-likeness (QED) is 0.891. The van der Waals surface area contributed by atoms with Crippen molar-refractivity contribution in [2.24, 2.45) is 0 Å². The Bertz CT molecular complexity index is 555. The van der Waals surface area contributed by atoms with Crippen LogP contribution in [-0.2, 0) is 6.18 Å². The van der Waals surface area contributed by atoms with Crippen LogP contribution in [0.4, 0.5) is 13.2 Å². The van der Waals surface area contributed by atoms with Gasteiger partial charge in [-0.1, -0.05) is 6.07 Å². The van der Waals surface area contributed by atoms with Crippen LogP contribution in [0.2, 0.25) is 0 Å². The number of benzene rings is 1. The number of ether oxygens (including phenoxy) is 1. The summed E-state index contributed by atoms with van der Waals surface area (Å²) in [6.07, 6.45) is -3.43. The number of halogens is 3. The van der Waals surface area contributed by atoms with E-state index in [1.54, 1.807) is 0 Å². The van der Waals surface area contributed by atoms with Crippen LogP contribution in [0.25, 0.3) is 0 Å². The van der Waals surface area contributed by atoms with E-state index in [-0.39, 0.29) is 17.4 Å². The molecular weight excluding hydrogens is 247 g/mol. The molecule has 18 heavy (non-hydrogen) atoms. The number of aromatic nitrogens is 1. The molecule has 0 aliphatic heterocycles. The third-order valence-corrected chi connectivity index (χ3v) is 2.10. The van der Waals surface area contributed by atoms with Gasteiger partial charge in [0.25, 0.3) is 0 Å². The number of phenols is 1. The van der Waals surface area contributed by atoms with Crippen molar-refractivity contribution in [1.29, 1.82) is 0 Å². The monoisotopic (exact) mass is 255 g/mol. The Morgan fingerprint density at radius 2 is 1.89 bits per heavy atom. The highest BCUT2D eigenvalue weighted by atomic mass is 19.4. The molecule has 2 aromatic rings. The number of alkyl halides is 3. The first-order chi connectivity index (χ1) is 8.45. The molecule has 0 atom stereocenters. The highest BCUT2D eigenvalue weighted by molar-refractivity contribution is 5.35. The molecule has 0 aliphatic carbocycles. The summed E-state index contributed by atoms with van der Waals surface area (Å²) in [5, 5.41) is 9.19. The minimum atomic E-state index is -4.44. The van der Waals surface area contributed by atoms with E-state index in [1.165, 1.54) is 24.3 Å². The predicted octanol–water partition coefficient (Wildman–Crippen LogP) is 3.60. The van der Waals surface area contributed by atoms with E-state index in [0.29, 0.717) is 0 Å². The Hall–Kier alpha value is -2.24. The molecule has 0 amide bonds. The van der Waals surface area contributed by atoms with Gasteiger partial charge in [-0.15, -0.1) is 0 Å². The highest BCUT2D eigenvalue weighted by Gasteiger charge is 2.30. The molecule has 0 bridgehead atoms. The maximum absolute atomic E-state index is 12.4. The maximum atomic E-state index is 12.4. The summed E-state index contributed by atoms with van der Waals surface area (Å²) in [6.45, 7) is 0. The minimum absolute atomic E-state index is 0.0422. The van der Waals surface area contributed by atoms with Crippen LogP contribution in [0.5, 0.6) is 17.4 Å². The molecule has 1 heterocycles. The molecule has 0 saturated heterocycles. The first-order valence-electron chi connectivity index (χ1n) is 4.95. The molecule has 0 aliphatic rings. The first-order valence-corrected chi connectivity index (χ1v) is 4.95. The van der Waals surface area contributed by atoms with Crippen molar-refractivity contribution in [3.63, 3.8) is 0 Å². The normalized spacial score (nSPS) is 11.3. The molecule has 1 N–H and O–H groups in total. The van der Waals surface area contributed by atoms with Crippen LogP contribution in [0, 0.1) is 0 Å². The third kappa shape index (κ3) is 2.91. The maximum Gasteiger partial charge on any atom is 0.416 e. The zero-order valence-corrected chi connectivity index (χ0v) is 8.98.